The maximum Gasteiger partial charge on any atom is 0.123 e. The van der Waals surface area contributed by atoms with Crippen LogP contribution in [0, 0.1) is 0 Å². The van der Waals surface area contributed by atoms with Gasteiger partial charge in [0.1, 0.15) is 5.75 Å². The number of hydrogen-bond donors (Lipinski definition) is 1. The van der Waals surface area contributed by atoms with Crippen LogP contribution in [0.15, 0.2) is 42.6 Å². The molecule has 112 valence electrons. The highest BCUT2D eigenvalue weighted by Crippen LogP contribution is 2.22. The zero-order valence-corrected chi connectivity index (χ0v) is 12.9. The van der Waals surface area contributed by atoms with E-state index in [4.69, 9.17) is 10.5 Å². The highest BCUT2D eigenvalue weighted by molar-refractivity contribution is 5.46. The van der Waals surface area contributed by atoms with Crippen molar-refractivity contribution in [2.45, 2.75) is 25.9 Å². The predicted octanol–water partition coefficient (Wildman–Crippen LogP) is 3.14. The van der Waals surface area contributed by atoms with Crippen molar-refractivity contribution in [3.05, 3.63) is 53.9 Å². The zero-order valence-electron chi connectivity index (χ0n) is 12.9. The van der Waals surface area contributed by atoms with E-state index in [0.717, 1.165) is 35.7 Å². The predicted molar refractivity (Wildman–Crippen MR) is 86.6 cm³/mol. The number of aromatic nitrogens is 1. The van der Waals surface area contributed by atoms with Gasteiger partial charge in [0, 0.05) is 25.2 Å². The van der Waals surface area contributed by atoms with Crippen LogP contribution in [-0.4, -0.2) is 19.1 Å². The van der Waals surface area contributed by atoms with Crippen molar-refractivity contribution in [3.8, 4) is 5.75 Å². The van der Waals surface area contributed by atoms with E-state index in [1.807, 2.05) is 37.5 Å². The molecule has 1 heterocycles. The van der Waals surface area contributed by atoms with E-state index in [-0.39, 0.29) is 6.04 Å². The first-order chi connectivity index (χ1) is 10.2. The lowest BCUT2D eigenvalue weighted by Gasteiger charge is -2.21. The van der Waals surface area contributed by atoms with Crippen LogP contribution in [0.4, 0.5) is 5.69 Å². The third-order valence-electron chi connectivity index (χ3n) is 3.63. The Morgan fingerprint density at radius 1 is 1.24 bits per heavy atom. The zero-order chi connectivity index (χ0) is 15.2. The van der Waals surface area contributed by atoms with Crippen molar-refractivity contribution < 1.29 is 4.74 Å². The van der Waals surface area contributed by atoms with Gasteiger partial charge in [-0.15, -0.1) is 0 Å². The summed E-state index contributed by atoms with van der Waals surface area (Å²) in [5.74, 6) is 0.905. The number of benzene rings is 1. The van der Waals surface area contributed by atoms with Gasteiger partial charge in [-0.05, 0) is 24.6 Å². The van der Waals surface area contributed by atoms with Gasteiger partial charge in [-0.3, -0.25) is 4.98 Å². The van der Waals surface area contributed by atoms with Gasteiger partial charge in [-0.25, -0.2) is 0 Å². The van der Waals surface area contributed by atoms with E-state index < -0.39 is 0 Å². The fourth-order valence-electron chi connectivity index (χ4n) is 2.23. The Morgan fingerprint density at radius 3 is 2.62 bits per heavy atom. The Hall–Kier alpha value is -2.07. The topological polar surface area (TPSA) is 51.4 Å². The summed E-state index contributed by atoms with van der Waals surface area (Å²) in [6.07, 6.45) is 2.77. The van der Waals surface area contributed by atoms with Crippen molar-refractivity contribution in [1.82, 2.24) is 4.98 Å². The summed E-state index contributed by atoms with van der Waals surface area (Å²) in [5.41, 5.74) is 9.14. The van der Waals surface area contributed by atoms with Crippen LogP contribution in [0.3, 0.4) is 0 Å². The van der Waals surface area contributed by atoms with Crippen molar-refractivity contribution in [2.24, 2.45) is 5.73 Å². The minimum absolute atomic E-state index is 0.0126. The highest BCUT2D eigenvalue weighted by Gasteiger charge is 2.09. The number of nitrogens with zero attached hydrogens (tertiary/aromatic N) is 2. The Kier molecular flexibility index (Phi) is 5.17. The first-order valence-corrected chi connectivity index (χ1v) is 7.20. The van der Waals surface area contributed by atoms with Crippen LogP contribution in [-0.2, 0) is 6.54 Å². The molecule has 1 aromatic carbocycles. The Morgan fingerprint density at radius 2 is 2.00 bits per heavy atom. The summed E-state index contributed by atoms with van der Waals surface area (Å²) in [7, 11) is 3.74. The molecular formula is C17H23N3O. The quantitative estimate of drug-likeness (QED) is 0.886. The summed E-state index contributed by atoms with van der Waals surface area (Å²) in [6, 6.07) is 12.1. The molecule has 0 aliphatic rings. The minimum atomic E-state index is 0.0126. The number of anilines is 1. The monoisotopic (exact) mass is 285 g/mol. The SMILES string of the molecule is CCC(N)c1ccc(N(C)Cc2ccccc2OC)cn1. The van der Waals surface area contributed by atoms with Crippen molar-refractivity contribution in [1.29, 1.82) is 0 Å². The summed E-state index contributed by atoms with van der Waals surface area (Å²) in [5, 5.41) is 0. The van der Waals surface area contributed by atoms with E-state index in [0.29, 0.717) is 0 Å². The number of para-hydroxylation sites is 1. The van der Waals surface area contributed by atoms with Crippen molar-refractivity contribution >= 4 is 5.69 Å². The number of rotatable bonds is 6. The molecule has 0 spiro atoms. The van der Waals surface area contributed by atoms with Gasteiger partial charge in [0.2, 0.25) is 0 Å². The van der Waals surface area contributed by atoms with Crippen LogP contribution >= 0.6 is 0 Å². The second-order valence-corrected chi connectivity index (χ2v) is 5.12. The molecule has 21 heavy (non-hydrogen) atoms. The number of ether oxygens (including phenoxy) is 1. The lowest BCUT2D eigenvalue weighted by Crippen LogP contribution is -2.18. The number of hydrogen-bond acceptors (Lipinski definition) is 4. The lowest BCUT2D eigenvalue weighted by molar-refractivity contribution is 0.409. The normalized spacial score (nSPS) is 12.0. The molecule has 0 saturated heterocycles. The van der Waals surface area contributed by atoms with E-state index >= 15 is 0 Å². The first kappa shape index (κ1) is 15.3. The van der Waals surface area contributed by atoms with Gasteiger partial charge >= 0.3 is 0 Å². The van der Waals surface area contributed by atoms with E-state index in [1.165, 1.54) is 0 Å². The highest BCUT2D eigenvalue weighted by atomic mass is 16.5. The standard InChI is InChI=1S/C17H23N3O/c1-4-15(18)16-10-9-14(11-19-16)20(2)12-13-7-5-6-8-17(13)21-3/h5-11,15H,4,12,18H2,1-3H3. The average Bonchev–Trinajstić information content (AvgIpc) is 2.54. The van der Waals surface area contributed by atoms with Crippen molar-refractivity contribution in [3.63, 3.8) is 0 Å². The van der Waals surface area contributed by atoms with Gasteiger partial charge < -0.3 is 15.4 Å². The van der Waals surface area contributed by atoms with E-state index in [1.54, 1.807) is 7.11 Å². The Bertz CT molecular complexity index is 569. The summed E-state index contributed by atoms with van der Waals surface area (Å²) >= 11 is 0. The maximum atomic E-state index is 5.99. The van der Waals surface area contributed by atoms with Crippen LogP contribution in [0.1, 0.15) is 30.6 Å². The van der Waals surface area contributed by atoms with Gasteiger partial charge in [-0.2, -0.15) is 0 Å². The molecule has 1 atom stereocenters. The maximum absolute atomic E-state index is 5.99. The van der Waals surface area contributed by atoms with Gasteiger partial charge in [0.15, 0.2) is 0 Å². The van der Waals surface area contributed by atoms with Crippen LogP contribution in [0.25, 0.3) is 0 Å². The molecule has 4 heteroatoms. The second kappa shape index (κ2) is 7.09. The molecule has 2 rings (SSSR count). The number of nitrogens with two attached hydrogens (primary N) is 1. The Balaban J connectivity index is 2.11. The molecule has 0 fully saturated rings. The van der Waals surface area contributed by atoms with Gasteiger partial charge in [0.25, 0.3) is 0 Å². The number of pyridine rings is 1. The summed E-state index contributed by atoms with van der Waals surface area (Å²) < 4.78 is 5.39. The number of methoxy groups -OCH3 is 1. The molecule has 0 aliphatic heterocycles. The van der Waals surface area contributed by atoms with Gasteiger partial charge in [-0.1, -0.05) is 25.1 Å². The molecule has 2 aromatic rings. The van der Waals surface area contributed by atoms with E-state index in [9.17, 15) is 0 Å². The third kappa shape index (κ3) is 3.73. The first-order valence-electron chi connectivity index (χ1n) is 7.20. The Labute approximate surface area is 126 Å². The fourth-order valence-corrected chi connectivity index (χ4v) is 2.23. The van der Waals surface area contributed by atoms with Crippen LogP contribution < -0.4 is 15.4 Å². The molecule has 0 aliphatic carbocycles. The molecule has 1 unspecified atom stereocenters. The van der Waals surface area contributed by atoms with Crippen LogP contribution in [0.5, 0.6) is 5.75 Å². The fraction of sp³-hybridized carbons (Fsp3) is 0.353. The van der Waals surface area contributed by atoms with Crippen molar-refractivity contribution in [2.75, 3.05) is 19.1 Å². The lowest BCUT2D eigenvalue weighted by atomic mass is 10.1. The molecule has 0 saturated carbocycles. The smallest absolute Gasteiger partial charge is 0.123 e. The molecule has 2 N–H and O–H groups in total. The molecule has 4 nitrogen and oxygen atoms in total. The minimum Gasteiger partial charge on any atom is -0.496 e. The largest absolute Gasteiger partial charge is 0.496 e. The van der Waals surface area contributed by atoms with Gasteiger partial charge in [0.05, 0.1) is 24.7 Å². The van der Waals surface area contributed by atoms with Crippen LogP contribution in [0.2, 0.25) is 0 Å². The molecule has 0 amide bonds. The molecular weight excluding hydrogens is 262 g/mol. The molecule has 0 bridgehead atoms. The summed E-state index contributed by atoms with van der Waals surface area (Å²) in [4.78, 5) is 6.60. The van der Waals surface area contributed by atoms with E-state index in [2.05, 4.69) is 28.9 Å². The third-order valence-corrected chi connectivity index (χ3v) is 3.63. The summed E-state index contributed by atoms with van der Waals surface area (Å²) in [6.45, 7) is 2.83. The molecule has 1 aromatic heterocycles. The second-order valence-electron chi connectivity index (χ2n) is 5.12. The average molecular weight is 285 g/mol. The molecule has 0 radical (unpaired) electrons.